The van der Waals surface area contributed by atoms with E-state index in [0.717, 1.165) is 4.47 Å². The Morgan fingerprint density at radius 1 is 1.23 bits per heavy atom. The van der Waals surface area contributed by atoms with Gasteiger partial charge in [0.05, 0.1) is 11.5 Å². The molecule has 0 spiro atoms. The molecule has 0 saturated heterocycles. The van der Waals surface area contributed by atoms with Crippen LogP contribution in [0, 0.1) is 5.92 Å². The summed E-state index contributed by atoms with van der Waals surface area (Å²) in [6.45, 7) is 0. The molecule has 1 saturated carbocycles. The van der Waals surface area contributed by atoms with E-state index >= 15 is 0 Å². The van der Waals surface area contributed by atoms with E-state index in [9.17, 15) is 18.0 Å². The standard InChI is InChI=1S/C14H16BrF3N2O.ClH/c15-9-3-6-11(12(19)7-9)13(21)20-10-4-1-8(2-5-10)14(16,17)18;/h3,6-8,10H,1-2,4-5,19H2,(H,20,21);1H. The molecule has 1 aromatic carbocycles. The average Bonchev–Trinajstić information content (AvgIpc) is 2.38. The Labute approximate surface area is 141 Å². The number of nitrogen functional groups attached to an aromatic ring is 1. The highest BCUT2D eigenvalue weighted by Gasteiger charge is 2.41. The molecule has 2 rings (SSSR count). The maximum atomic E-state index is 12.6. The van der Waals surface area contributed by atoms with E-state index in [2.05, 4.69) is 21.2 Å². The first-order valence-electron chi connectivity index (χ1n) is 6.70. The molecule has 0 radical (unpaired) electrons. The molecule has 0 aromatic heterocycles. The summed E-state index contributed by atoms with van der Waals surface area (Å²) in [7, 11) is 0. The molecule has 22 heavy (non-hydrogen) atoms. The van der Waals surface area contributed by atoms with Gasteiger partial charge < -0.3 is 11.1 Å². The largest absolute Gasteiger partial charge is 0.398 e. The van der Waals surface area contributed by atoms with Gasteiger partial charge in [-0.25, -0.2) is 0 Å². The summed E-state index contributed by atoms with van der Waals surface area (Å²) >= 11 is 3.25. The van der Waals surface area contributed by atoms with Gasteiger partial charge in [-0.1, -0.05) is 15.9 Å². The SMILES string of the molecule is Cl.Nc1cc(Br)ccc1C(=O)NC1CCC(C(F)(F)F)CC1. The van der Waals surface area contributed by atoms with Crippen LogP contribution in [0.2, 0.25) is 0 Å². The topological polar surface area (TPSA) is 55.1 Å². The molecule has 124 valence electrons. The number of hydrogen-bond donors (Lipinski definition) is 2. The number of nitrogens with one attached hydrogen (secondary N) is 1. The van der Waals surface area contributed by atoms with Crippen molar-refractivity contribution < 1.29 is 18.0 Å². The highest BCUT2D eigenvalue weighted by Crippen LogP contribution is 2.37. The van der Waals surface area contributed by atoms with E-state index in [1.54, 1.807) is 18.2 Å². The molecule has 1 aliphatic rings. The molecule has 1 amide bonds. The van der Waals surface area contributed by atoms with E-state index in [1.807, 2.05) is 0 Å². The van der Waals surface area contributed by atoms with Gasteiger partial charge in [0.1, 0.15) is 0 Å². The molecule has 0 atom stereocenters. The molecule has 0 unspecified atom stereocenters. The van der Waals surface area contributed by atoms with Gasteiger partial charge in [-0.2, -0.15) is 13.2 Å². The van der Waals surface area contributed by atoms with Crippen LogP contribution >= 0.6 is 28.3 Å². The van der Waals surface area contributed by atoms with Crippen molar-refractivity contribution in [2.75, 3.05) is 5.73 Å². The Morgan fingerprint density at radius 2 is 1.82 bits per heavy atom. The van der Waals surface area contributed by atoms with Crippen LogP contribution in [-0.4, -0.2) is 18.1 Å². The molecule has 3 nitrogen and oxygen atoms in total. The van der Waals surface area contributed by atoms with Gasteiger partial charge in [0.15, 0.2) is 0 Å². The first-order chi connectivity index (χ1) is 9.77. The number of hydrogen-bond acceptors (Lipinski definition) is 2. The number of rotatable bonds is 2. The maximum Gasteiger partial charge on any atom is 0.391 e. The van der Waals surface area contributed by atoms with Crippen LogP contribution in [0.25, 0.3) is 0 Å². The first kappa shape index (κ1) is 19.1. The molecular weight excluding hydrogens is 385 g/mol. The summed E-state index contributed by atoms with van der Waals surface area (Å²) in [5.74, 6) is -1.58. The van der Waals surface area contributed by atoms with Gasteiger partial charge in [0.25, 0.3) is 5.91 Å². The quantitative estimate of drug-likeness (QED) is 0.726. The first-order valence-corrected chi connectivity index (χ1v) is 7.49. The minimum Gasteiger partial charge on any atom is -0.398 e. The fourth-order valence-electron chi connectivity index (χ4n) is 2.57. The number of alkyl halides is 3. The fraction of sp³-hybridized carbons (Fsp3) is 0.500. The molecule has 0 bridgehead atoms. The molecule has 1 aromatic rings. The average molecular weight is 402 g/mol. The predicted octanol–water partition coefficient (Wildman–Crippen LogP) is 4.30. The lowest BCUT2D eigenvalue weighted by Gasteiger charge is -2.30. The van der Waals surface area contributed by atoms with E-state index in [-0.39, 0.29) is 37.2 Å². The fourth-order valence-corrected chi connectivity index (χ4v) is 2.95. The zero-order chi connectivity index (χ0) is 15.6. The molecule has 3 N–H and O–H groups in total. The van der Waals surface area contributed by atoms with Gasteiger partial charge >= 0.3 is 6.18 Å². The predicted molar refractivity (Wildman–Crippen MR) is 85.1 cm³/mol. The molecule has 0 aliphatic heterocycles. The van der Waals surface area contributed by atoms with Gasteiger partial charge in [-0.15, -0.1) is 12.4 Å². The van der Waals surface area contributed by atoms with Gasteiger partial charge in [0, 0.05) is 16.2 Å². The van der Waals surface area contributed by atoms with E-state index < -0.39 is 12.1 Å². The minimum atomic E-state index is -4.13. The van der Waals surface area contributed by atoms with Crippen LogP contribution < -0.4 is 11.1 Å². The third-order valence-corrected chi connectivity index (χ3v) is 4.28. The van der Waals surface area contributed by atoms with Crippen molar-refractivity contribution in [1.29, 1.82) is 0 Å². The van der Waals surface area contributed by atoms with Crippen LogP contribution in [0.4, 0.5) is 18.9 Å². The Kier molecular flexibility index (Phi) is 6.55. The summed E-state index contributed by atoms with van der Waals surface area (Å²) in [4.78, 5) is 12.1. The Morgan fingerprint density at radius 3 is 2.32 bits per heavy atom. The van der Waals surface area contributed by atoms with Crippen molar-refractivity contribution in [1.82, 2.24) is 5.32 Å². The lowest BCUT2D eigenvalue weighted by atomic mass is 9.85. The van der Waals surface area contributed by atoms with Crippen LogP contribution in [0.5, 0.6) is 0 Å². The van der Waals surface area contributed by atoms with Gasteiger partial charge in [-0.05, 0) is 43.9 Å². The number of nitrogens with two attached hydrogens (primary N) is 1. The smallest absolute Gasteiger partial charge is 0.391 e. The molecule has 1 fully saturated rings. The Bertz CT molecular complexity index is 531. The molecular formula is C14H17BrClF3N2O. The minimum absolute atomic E-state index is 0. The zero-order valence-electron chi connectivity index (χ0n) is 11.6. The zero-order valence-corrected chi connectivity index (χ0v) is 14.0. The van der Waals surface area contributed by atoms with Gasteiger partial charge in [0.2, 0.25) is 0 Å². The lowest BCUT2D eigenvalue weighted by Crippen LogP contribution is -2.40. The lowest BCUT2D eigenvalue weighted by molar-refractivity contribution is -0.182. The van der Waals surface area contributed by atoms with Crippen molar-refractivity contribution in [3.63, 3.8) is 0 Å². The highest BCUT2D eigenvalue weighted by atomic mass is 79.9. The highest BCUT2D eigenvalue weighted by molar-refractivity contribution is 9.10. The van der Waals surface area contributed by atoms with Crippen molar-refractivity contribution in [3.8, 4) is 0 Å². The Hall–Kier alpha value is -0.950. The van der Waals surface area contributed by atoms with Crippen LogP contribution in [0.15, 0.2) is 22.7 Å². The second-order valence-electron chi connectivity index (χ2n) is 5.30. The number of benzene rings is 1. The monoisotopic (exact) mass is 400 g/mol. The summed E-state index contributed by atoms with van der Waals surface area (Å²) < 4.78 is 38.5. The molecule has 0 heterocycles. The normalized spacial score (nSPS) is 21.8. The molecule has 8 heteroatoms. The second kappa shape index (κ2) is 7.55. The number of anilines is 1. The van der Waals surface area contributed by atoms with Crippen LogP contribution in [0.1, 0.15) is 36.0 Å². The van der Waals surface area contributed by atoms with Crippen molar-refractivity contribution >= 4 is 39.9 Å². The van der Waals surface area contributed by atoms with E-state index in [1.165, 1.54) is 0 Å². The number of amides is 1. The van der Waals surface area contributed by atoms with Crippen molar-refractivity contribution in [3.05, 3.63) is 28.2 Å². The summed E-state index contributed by atoms with van der Waals surface area (Å²) in [6, 6.07) is 4.69. The van der Waals surface area contributed by atoms with Gasteiger partial charge in [-0.3, -0.25) is 4.79 Å². The summed E-state index contributed by atoms with van der Waals surface area (Å²) in [6.07, 6.45) is -3.33. The van der Waals surface area contributed by atoms with Crippen LogP contribution in [0.3, 0.4) is 0 Å². The summed E-state index contributed by atoms with van der Waals surface area (Å²) in [5, 5.41) is 2.77. The van der Waals surface area contributed by atoms with Crippen molar-refractivity contribution in [2.45, 2.75) is 37.9 Å². The number of carbonyl (C=O) groups is 1. The number of carbonyl (C=O) groups excluding carboxylic acids is 1. The van der Waals surface area contributed by atoms with E-state index in [4.69, 9.17) is 5.73 Å². The van der Waals surface area contributed by atoms with Crippen molar-refractivity contribution in [2.24, 2.45) is 5.92 Å². The Balaban J connectivity index is 0.00000242. The summed E-state index contributed by atoms with van der Waals surface area (Å²) in [5.41, 5.74) is 6.45. The van der Waals surface area contributed by atoms with Crippen LogP contribution in [-0.2, 0) is 0 Å². The third kappa shape index (κ3) is 4.78. The number of halogens is 5. The maximum absolute atomic E-state index is 12.6. The molecule has 1 aliphatic carbocycles. The van der Waals surface area contributed by atoms with E-state index in [0.29, 0.717) is 24.1 Å². The third-order valence-electron chi connectivity index (χ3n) is 3.78. The second-order valence-corrected chi connectivity index (χ2v) is 6.21.